The van der Waals surface area contributed by atoms with Crippen molar-refractivity contribution in [2.75, 3.05) is 6.54 Å². The van der Waals surface area contributed by atoms with Gasteiger partial charge in [0.2, 0.25) is 0 Å². The lowest BCUT2D eigenvalue weighted by Crippen LogP contribution is -2.24. The van der Waals surface area contributed by atoms with Gasteiger partial charge in [0.15, 0.2) is 0 Å². The summed E-state index contributed by atoms with van der Waals surface area (Å²) >= 11 is 0. The van der Waals surface area contributed by atoms with E-state index < -0.39 is 0 Å². The molecule has 0 aliphatic rings. The number of nitrogens with one attached hydrogen (secondary N) is 1. The summed E-state index contributed by atoms with van der Waals surface area (Å²) in [5.41, 5.74) is 2.68. The first kappa shape index (κ1) is 12.2. The molecule has 2 nitrogen and oxygen atoms in total. The fourth-order valence-corrected chi connectivity index (χ4v) is 2.15. The highest BCUT2D eigenvalue weighted by Gasteiger charge is 2.00. The molecule has 0 spiro atoms. The lowest BCUT2D eigenvalue weighted by atomic mass is 10.2. The molecule has 2 heteroatoms. The minimum absolute atomic E-state index is 0.582. The van der Waals surface area contributed by atoms with Gasteiger partial charge in [0.1, 0.15) is 0 Å². The maximum atomic E-state index is 3.45. The minimum Gasteiger partial charge on any atom is -0.347 e. The average molecular weight is 230 g/mol. The molecule has 0 saturated heterocycles. The van der Waals surface area contributed by atoms with Crippen LogP contribution in [0.4, 0.5) is 0 Å². The zero-order valence-electron chi connectivity index (χ0n) is 11.0. The number of aromatic nitrogens is 1. The molecule has 92 valence electrons. The van der Waals surface area contributed by atoms with Crippen LogP contribution in [0.25, 0.3) is 10.9 Å². The van der Waals surface area contributed by atoms with Crippen LogP contribution in [0, 0.1) is 6.92 Å². The fourth-order valence-electron chi connectivity index (χ4n) is 2.15. The molecule has 0 aliphatic carbocycles. The van der Waals surface area contributed by atoms with E-state index in [0.717, 1.165) is 13.1 Å². The summed E-state index contributed by atoms with van der Waals surface area (Å²) in [5.74, 6) is 0. The Bertz CT molecular complexity index is 483. The molecule has 1 aromatic carbocycles. The summed E-state index contributed by atoms with van der Waals surface area (Å²) in [5, 5.41) is 4.80. The lowest BCUT2D eigenvalue weighted by Gasteiger charge is -2.09. The Morgan fingerprint density at radius 1 is 1.24 bits per heavy atom. The smallest absolute Gasteiger partial charge is 0.0480 e. The number of hydrogen-bond acceptors (Lipinski definition) is 1. The Morgan fingerprint density at radius 3 is 2.82 bits per heavy atom. The van der Waals surface area contributed by atoms with Gasteiger partial charge in [-0.15, -0.1) is 0 Å². The van der Waals surface area contributed by atoms with Crippen molar-refractivity contribution in [1.82, 2.24) is 9.88 Å². The first-order chi connectivity index (χ1) is 8.16. The molecule has 2 rings (SSSR count). The van der Waals surface area contributed by atoms with Crippen molar-refractivity contribution in [3.8, 4) is 0 Å². The van der Waals surface area contributed by atoms with Gasteiger partial charge in [-0.2, -0.15) is 0 Å². The minimum atomic E-state index is 0.582. The largest absolute Gasteiger partial charge is 0.347 e. The number of benzene rings is 1. The van der Waals surface area contributed by atoms with Crippen molar-refractivity contribution in [2.45, 2.75) is 39.8 Å². The van der Waals surface area contributed by atoms with Crippen molar-refractivity contribution >= 4 is 10.9 Å². The number of aryl methyl sites for hydroxylation is 2. The summed E-state index contributed by atoms with van der Waals surface area (Å²) in [6.07, 6.45) is 3.37. The van der Waals surface area contributed by atoms with Crippen LogP contribution in [0.5, 0.6) is 0 Å². The van der Waals surface area contributed by atoms with E-state index in [-0.39, 0.29) is 0 Å². The summed E-state index contributed by atoms with van der Waals surface area (Å²) in [4.78, 5) is 0. The Morgan fingerprint density at radius 2 is 2.06 bits per heavy atom. The normalized spacial score (nSPS) is 11.5. The Labute approximate surface area is 104 Å². The molecule has 0 radical (unpaired) electrons. The quantitative estimate of drug-likeness (QED) is 0.780. The van der Waals surface area contributed by atoms with Crippen LogP contribution in [0.1, 0.15) is 25.8 Å². The van der Waals surface area contributed by atoms with Crippen LogP contribution >= 0.6 is 0 Å². The monoisotopic (exact) mass is 230 g/mol. The zero-order chi connectivity index (χ0) is 12.3. The van der Waals surface area contributed by atoms with E-state index in [0.29, 0.717) is 6.04 Å². The maximum absolute atomic E-state index is 3.45. The Balaban J connectivity index is 1.99. The molecule has 1 aromatic heterocycles. The highest BCUT2D eigenvalue weighted by molar-refractivity contribution is 5.80. The molecule has 0 saturated carbocycles. The van der Waals surface area contributed by atoms with Gasteiger partial charge < -0.3 is 9.88 Å². The van der Waals surface area contributed by atoms with E-state index in [1.807, 2.05) is 0 Å². The van der Waals surface area contributed by atoms with Gasteiger partial charge in [0.05, 0.1) is 0 Å². The molecule has 0 unspecified atom stereocenters. The summed E-state index contributed by atoms with van der Waals surface area (Å²) in [6.45, 7) is 8.69. The van der Waals surface area contributed by atoms with E-state index in [9.17, 15) is 0 Å². The van der Waals surface area contributed by atoms with Gasteiger partial charge in [-0.3, -0.25) is 0 Å². The standard InChI is InChI=1S/C15H22N2/c1-12(2)16-8-4-9-17-10-7-14-11-13(3)5-6-15(14)17/h5-7,10-12,16H,4,8-9H2,1-3H3. The lowest BCUT2D eigenvalue weighted by molar-refractivity contribution is 0.541. The predicted molar refractivity (Wildman–Crippen MR) is 74.4 cm³/mol. The molecular formula is C15H22N2. The Kier molecular flexibility index (Phi) is 3.85. The van der Waals surface area contributed by atoms with Gasteiger partial charge in [-0.1, -0.05) is 25.5 Å². The molecule has 1 heterocycles. The topological polar surface area (TPSA) is 17.0 Å². The van der Waals surface area contributed by atoms with Gasteiger partial charge >= 0.3 is 0 Å². The second kappa shape index (κ2) is 5.37. The summed E-state index contributed by atoms with van der Waals surface area (Å²) in [6, 6.07) is 9.45. The highest BCUT2D eigenvalue weighted by Crippen LogP contribution is 2.17. The number of hydrogen-bond donors (Lipinski definition) is 1. The van der Waals surface area contributed by atoms with Gasteiger partial charge in [-0.25, -0.2) is 0 Å². The van der Waals surface area contributed by atoms with Crippen molar-refractivity contribution in [2.24, 2.45) is 0 Å². The number of fused-ring (bicyclic) bond motifs is 1. The zero-order valence-corrected chi connectivity index (χ0v) is 11.0. The van der Waals surface area contributed by atoms with E-state index in [4.69, 9.17) is 0 Å². The molecule has 17 heavy (non-hydrogen) atoms. The van der Waals surface area contributed by atoms with Crippen LogP contribution in [0.3, 0.4) is 0 Å². The van der Waals surface area contributed by atoms with E-state index in [2.05, 4.69) is 61.1 Å². The van der Waals surface area contributed by atoms with Crippen LogP contribution in [-0.4, -0.2) is 17.2 Å². The second-order valence-electron chi connectivity index (χ2n) is 5.03. The Hall–Kier alpha value is -1.28. The third kappa shape index (κ3) is 3.10. The van der Waals surface area contributed by atoms with Crippen LogP contribution in [0.2, 0.25) is 0 Å². The molecule has 0 atom stereocenters. The SMILES string of the molecule is Cc1ccc2c(ccn2CCCNC(C)C)c1. The van der Waals surface area contributed by atoms with Crippen molar-refractivity contribution in [1.29, 1.82) is 0 Å². The van der Waals surface area contributed by atoms with Crippen LogP contribution < -0.4 is 5.32 Å². The molecule has 0 bridgehead atoms. The average Bonchev–Trinajstić information content (AvgIpc) is 2.66. The second-order valence-corrected chi connectivity index (χ2v) is 5.03. The third-order valence-electron chi connectivity index (χ3n) is 3.05. The van der Waals surface area contributed by atoms with Gasteiger partial charge in [0, 0.05) is 24.3 Å². The number of rotatable bonds is 5. The molecule has 1 N–H and O–H groups in total. The summed E-state index contributed by atoms with van der Waals surface area (Å²) in [7, 11) is 0. The molecule has 0 amide bonds. The third-order valence-corrected chi connectivity index (χ3v) is 3.05. The highest BCUT2D eigenvalue weighted by atomic mass is 15.0. The van der Waals surface area contributed by atoms with Gasteiger partial charge in [0.25, 0.3) is 0 Å². The molecule has 0 fully saturated rings. The van der Waals surface area contributed by atoms with Crippen LogP contribution in [-0.2, 0) is 6.54 Å². The van der Waals surface area contributed by atoms with Crippen LogP contribution in [0.15, 0.2) is 30.5 Å². The predicted octanol–water partition coefficient (Wildman–Crippen LogP) is 3.34. The van der Waals surface area contributed by atoms with Crippen molar-refractivity contribution < 1.29 is 0 Å². The summed E-state index contributed by atoms with van der Waals surface area (Å²) < 4.78 is 2.34. The van der Waals surface area contributed by atoms with Gasteiger partial charge in [-0.05, 0) is 43.5 Å². The fraction of sp³-hybridized carbons (Fsp3) is 0.467. The van der Waals surface area contributed by atoms with E-state index in [1.165, 1.54) is 22.9 Å². The van der Waals surface area contributed by atoms with Crippen molar-refractivity contribution in [3.05, 3.63) is 36.0 Å². The van der Waals surface area contributed by atoms with Crippen molar-refractivity contribution in [3.63, 3.8) is 0 Å². The molecule has 0 aliphatic heterocycles. The first-order valence-corrected chi connectivity index (χ1v) is 6.46. The van der Waals surface area contributed by atoms with E-state index in [1.54, 1.807) is 0 Å². The first-order valence-electron chi connectivity index (χ1n) is 6.46. The van der Waals surface area contributed by atoms with E-state index >= 15 is 0 Å². The maximum Gasteiger partial charge on any atom is 0.0480 e. The molecular weight excluding hydrogens is 208 g/mol. The number of nitrogens with zero attached hydrogens (tertiary/aromatic N) is 1. The molecule has 2 aromatic rings.